The van der Waals surface area contributed by atoms with Gasteiger partial charge < -0.3 is 4.90 Å². The number of hydrogen-bond acceptors (Lipinski definition) is 3. The highest BCUT2D eigenvalue weighted by molar-refractivity contribution is 6.19. The maximum atomic E-state index is 11.7. The topological polar surface area (TPSA) is 61.9 Å². The molecule has 0 bridgehead atoms. The maximum Gasteiger partial charge on any atom is 0.226 e. The number of halogens is 1. The molecule has 1 aromatic heterocycles. The molecule has 1 amide bonds. The lowest BCUT2D eigenvalue weighted by Gasteiger charge is -2.18. The highest BCUT2D eigenvalue weighted by Gasteiger charge is 2.17. The summed E-state index contributed by atoms with van der Waals surface area (Å²) in [6.45, 7) is 4.03. The molecule has 1 N–H and O–H groups in total. The van der Waals surface area contributed by atoms with Crippen molar-refractivity contribution >= 4 is 17.5 Å². The van der Waals surface area contributed by atoms with E-state index in [4.69, 9.17) is 11.6 Å². The molecule has 0 saturated carbocycles. The van der Waals surface area contributed by atoms with Crippen molar-refractivity contribution in [1.82, 2.24) is 20.1 Å². The van der Waals surface area contributed by atoms with Gasteiger partial charge in [0.1, 0.15) is 5.82 Å². The molecule has 0 aromatic carbocycles. The van der Waals surface area contributed by atoms with Gasteiger partial charge in [0, 0.05) is 18.8 Å². The molecule has 0 saturated heterocycles. The summed E-state index contributed by atoms with van der Waals surface area (Å²) in [5.74, 6) is 1.53. The minimum Gasteiger partial charge on any atom is -0.338 e. The Labute approximate surface area is 93.8 Å². The number of carbonyl (C=O) groups excluding carboxylic acids is 1. The van der Waals surface area contributed by atoms with Crippen LogP contribution >= 0.6 is 11.6 Å². The van der Waals surface area contributed by atoms with Crippen LogP contribution in [0.15, 0.2) is 0 Å². The SMILES string of the molecule is Cc1nc(CN(C)C(=O)C(C)CCl)n[nH]1. The normalized spacial score (nSPS) is 12.5. The molecular formula is C9H15ClN4O. The van der Waals surface area contributed by atoms with E-state index in [0.29, 0.717) is 18.2 Å². The minimum atomic E-state index is -0.170. The molecule has 1 aromatic rings. The number of carbonyl (C=O) groups is 1. The second kappa shape index (κ2) is 5.11. The summed E-state index contributed by atoms with van der Waals surface area (Å²) in [7, 11) is 1.72. The second-order valence-electron chi connectivity index (χ2n) is 3.59. The monoisotopic (exact) mass is 230 g/mol. The third kappa shape index (κ3) is 3.20. The lowest BCUT2D eigenvalue weighted by molar-refractivity contribution is -0.133. The molecule has 0 aliphatic carbocycles. The molecule has 0 radical (unpaired) electrons. The Bertz CT molecular complexity index is 339. The molecule has 5 nitrogen and oxygen atoms in total. The number of aromatic nitrogens is 3. The van der Waals surface area contributed by atoms with Crippen molar-refractivity contribution in [2.24, 2.45) is 5.92 Å². The van der Waals surface area contributed by atoms with E-state index < -0.39 is 0 Å². The van der Waals surface area contributed by atoms with E-state index in [9.17, 15) is 4.79 Å². The van der Waals surface area contributed by atoms with Gasteiger partial charge in [0.05, 0.1) is 6.54 Å². The van der Waals surface area contributed by atoms with Crippen LogP contribution < -0.4 is 0 Å². The predicted molar refractivity (Wildman–Crippen MR) is 57.5 cm³/mol. The van der Waals surface area contributed by atoms with Gasteiger partial charge in [-0.3, -0.25) is 9.89 Å². The summed E-state index contributed by atoms with van der Waals surface area (Å²) in [4.78, 5) is 17.4. The molecule has 1 heterocycles. The fraction of sp³-hybridized carbons (Fsp3) is 0.667. The van der Waals surface area contributed by atoms with Crippen LogP contribution in [0.3, 0.4) is 0 Å². The van der Waals surface area contributed by atoms with E-state index in [2.05, 4.69) is 15.2 Å². The zero-order chi connectivity index (χ0) is 11.4. The van der Waals surface area contributed by atoms with Gasteiger partial charge in [0.2, 0.25) is 5.91 Å². The number of H-pyrrole nitrogens is 1. The summed E-state index contributed by atoms with van der Waals surface area (Å²) < 4.78 is 0. The molecule has 0 fully saturated rings. The van der Waals surface area contributed by atoms with E-state index in [1.807, 2.05) is 6.92 Å². The van der Waals surface area contributed by atoms with Crippen LogP contribution in [0, 0.1) is 12.8 Å². The molecular weight excluding hydrogens is 216 g/mol. The van der Waals surface area contributed by atoms with Gasteiger partial charge in [-0.25, -0.2) is 4.98 Å². The predicted octanol–water partition coefficient (Wildman–Crippen LogP) is 0.946. The van der Waals surface area contributed by atoms with Gasteiger partial charge in [-0.15, -0.1) is 11.6 Å². The molecule has 6 heteroatoms. The smallest absolute Gasteiger partial charge is 0.226 e. The number of rotatable bonds is 4. The van der Waals surface area contributed by atoms with Gasteiger partial charge in [-0.1, -0.05) is 6.92 Å². The lowest BCUT2D eigenvalue weighted by atomic mass is 10.2. The first kappa shape index (κ1) is 12.0. The van der Waals surface area contributed by atoms with Crippen LogP contribution in [0.1, 0.15) is 18.6 Å². The number of nitrogens with zero attached hydrogens (tertiary/aromatic N) is 3. The number of aromatic amines is 1. The van der Waals surface area contributed by atoms with Crippen molar-refractivity contribution < 1.29 is 4.79 Å². The van der Waals surface area contributed by atoms with E-state index in [1.165, 1.54) is 0 Å². The Kier molecular flexibility index (Phi) is 4.08. The van der Waals surface area contributed by atoms with E-state index >= 15 is 0 Å². The Balaban J connectivity index is 2.55. The van der Waals surface area contributed by atoms with Gasteiger partial charge in [-0.2, -0.15) is 5.10 Å². The Morgan fingerprint density at radius 3 is 2.80 bits per heavy atom. The molecule has 15 heavy (non-hydrogen) atoms. The van der Waals surface area contributed by atoms with Crippen LogP contribution in [-0.4, -0.2) is 38.9 Å². The fourth-order valence-corrected chi connectivity index (χ4v) is 1.32. The summed E-state index contributed by atoms with van der Waals surface area (Å²) in [5, 5.41) is 6.69. The van der Waals surface area contributed by atoms with Crippen molar-refractivity contribution in [2.45, 2.75) is 20.4 Å². The summed E-state index contributed by atoms with van der Waals surface area (Å²) in [5.41, 5.74) is 0. The molecule has 0 aliphatic heterocycles. The standard InChI is InChI=1S/C9H15ClN4O/c1-6(4-10)9(15)14(3)5-8-11-7(2)12-13-8/h6H,4-5H2,1-3H3,(H,11,12,13). The third-order valence-electron chi connectivity index (χ3n) is 2.05. The largest absolute Gasteiger partial charge is 0.338 e. The van der Waals surface area contributed by atoms with Crippen LogP contribution in [0.4, 0.5) is 0 Å². The number of nitrogens with one attached hydrogen (secondary N) is 1. The van der Waals surface area contributed by atoms with Crippen molar-refractivity contribution in [3.8, 4) is 0 Å². The first-order valence-electron chi connectivity index (χ1n) is 4.73. The first-order valence-corrected chi connectivity index (χ1v) is 5.27. The first-order chi connectivity index (χ1) is 7.04. The van der Waals surface area contributed by atoms with Crippen molar-refractivity contribution in [1.29, 1.82) is 0 Å². The number of hydrogen-bond donors (Lipinski definition) is 1. The van der Waals surface area contributed by atoms with Crippen molar-refractivity contribution in [3.63, 3.8) is 0 Å². The molecule has 1 atom stereocenters. The van der Waals surface area contributed by atoms with Gasteiger partial charge in [0.25, 0.3) is 0 Å². The minimum absolute atomic E-state index is 0.00690. The average Bonchev–Trinajstić information content (AvgIpc) is 2.61. The highest BCUT2D eigenvalue weighted by atomic mass is 35.5. The molecule has 0 spiro atoms. The van der Waals surface area contributed by atoms with Crippen LogP contribution in [-0.2, 0) is 11.3 Å². The van der Waals surface area contributed by atoms with Gasteiger partial charge in [-0.05, 0) is 6.92 Å². The summed E-state index contributed by atoms with van der Waals surface area (Å²) in [6, 6.07) is 0. The van der Waals surface area contributed by atoms with Crippen LogP contribution in [0.5, 0.6) is 0 Å². The number of aryl methyl sites for hydroxylation is 1. The zero-order valence-corrected chi connectivity index (χ0v) is 9.88. The molecule has 1 rings (SSSR count). The van der Waals surface area contributed by atoms with Gasteiger partial charge >= 0.3 is 0 Å². The van der Waals surface area contributed by atoms with Crippen LogP contribution in [0.2, 0.25) is 0 Å². The highest BCUT2D eigenvalue weighted by Crippen LogP contribution is 2.05. The number of amides is 1. The third-order valence-corrected chi connectivity index (χ3v) is 2.51. The summed E-state index contributed by atoms with van der Waals surface area (Å²) >= 11 is 5.61. The fourth-order valence-electron chi connectivity index (χ4n) is 1.19. The van der Waals surface area contributed by atoms with Crippen molar-refractivity contribution in [2.75, 3.05) is 12.9 Å². The van der Waals surface area contributed by atoms with Crippen LogP contribution in [0.25, 0.3) is 0 Å². The summed E-state index contributed by atoms with van der Waals surface area (Å²) in [6.07, 6.45) is 0. The molecule has 0 aliphatic rings. The van der Waals surface area contributed by atoms with E-state index in [-0.39, 0.29) is 11.8 Å². The lowest BCUT2D eigenvalue weighted by Crippen LogP contribution is -2.32. The number of alkyl halides is 1. The Morgan fingerprint density at radius 2 is 2.33 bits per heavy atom. The molecule has 1 unspecified atom stereocenters. The Morgan fingerprint density at radius 1 is 1.67 bits per heavy atom. The zero-order valence-electron chi connectivity index (χ0n) is 9.12. The Hall–Kier alpha value is -1.10. The second-order valence-corrected chi connectivity index (χ2v) is 3.90. The average molecular weight is 231 g/mol. The van der Waals surface area contributed by atoms with E-state index in [1.54, 1.807) is 18.9 Å². The van der Waals surface area contributed by atoms with Crippen molar-refractivity contribution in [3.05, 3.63) is 11.6 Å². The van der Waals surface area contributed by atoms with Gasteiger partial charge in [0.15, 0.2) is 5.82 Å². The maximum absolute atomic E-state index is 11.7. The van der Waals surface area contributed by atoms with E-state index in [0.717, 1.165) is 5.82 Å². The molecule has 84 valence electrons. The quantitative estimate of drug-likeness (QED) is 0.784.